The lowest BCUT2D eigenvalue weighted by molar-refractivity contribution is 0.627. The van der Waals surface area contributed by atoms with Gasteiger partial charge in [0.2, 0.25) is 0 Å². The third-order valence-electron chi connectivity index (χ3n) is 3.22. The van der Waals surface area contributed by atoms with E-state index < -0.39 is 0 Å². The maximum atomic E-state index is 13.4. The van der Waals surface area contributed by atoms with E-state index in [-0.39, 0.29) is 11.9 Å². The van der Waals surface area contributed by atoms with Crippen LogP contribution in [0.5, 0.6) is 0 Å². The highest BCUT2D eigenvalue weighted by molar-refractivity contribution is 9.10. The van der Waals surface area contributed by atoms with Crippen LogP contribution in [0.3, 0.4) is 0 Å². The number of anilines is 2. The third kappa shape index (κ3) is 3.19. The molecule has 2 nitrogen and oxygen atoms in total. The minimum atomic E-state index is -0.232. The summed E-state index contributed by atoms with van der Waals surface area (Å²) in [7, 11) is 0. The van der Waals surface area contributed by atoms with Crippen molar-refractivity contribution in [2.75, 3.05) is 11.4 Å². The number of nitrogens with two attached hydrogens (primary N) is 1. The lowest BCUT2D eigenvalue weighted by atomic mass is 10.1. The van der Waals surface area contributed by atoms with Crippen molar-refractivity contribution in [2.24, 2.45) is 5.73 Å². The Kier molecular flexibility index (Phi) is 4.78. The van der Waals surface area contributed by atoms with Gasteiger partial charge in [0, 0.05) is 22.7 Å². The number of rotatable bonds is 4. The molecule has 0 heterocycles. The highest BCUT2D eigenvalue weighted by Crippen LogP contribution is 2.33. The van der Waals surface area contributed by atoms with Crippen LogP contribution in [0.4, 0.5) is 15.8 Å². The first-order chi connectivity index (χ1) is 9.52. The van der Waals surface area contributed by atoms with E-state index in [1.807, 2.05) is 38.1 Å². The summed E-state index contributed by atoms with van der Waals surface area (Å²) < 4.78 is 14.4. The van der Waals surface area contributed by atoms with Crippen molar-refractivity contribution in [1.29, 1.82) is 0 Å². The van der Waals surface area contributed by atoms with Crippen molar-refractivity contribution in [2.45, 2.75) is 19.9 Å². The van der Waals surface area contributed by atoms with Gasteiger partial charge in [-0.05, 0) is 65.7 Å². The second-order valence-electron chi connectivity index (χ2n) is 4.72. The number of halogens is 2. The van der Waals surface area contributed by atoms with Gasteiger partial charge in [-0.15, -0.1) is 0 Å². The number of nitrogens with zero attached hydrogens (tertiary/aromatic N) is 1. The average Bonchev–Trinajstić information content (AvgIpc) is 2.41. The first-order valence-electron chi connectivity index (χ1n) is 6.61. The van der Waals surface area contributed by atoms with Crippen LogP contribution in [-0.2, 0) is 0 Å². The molecule has 1 atom stereocenters. The normalized spacial score (nSPS) is 12.2. The molecule has 2 aromatic carbocycles. The van der Waals surface area contributed by atoms with Gasteiger partial charge in [0.15, 0.2) is 0 Å². The molecule has 0 bridgehead atoms. The topological polar surface area (TPSA) is 29.3 Å². The van der Waals surface area contributed by atoms with E-state index in [1.165, 1.54) is 12.1 Å². The van der Waals surface area contributed by atoms with Crippen LogP contribution in [0, 0.1) is 5.82 Å². The Morgan fingerprint density at radius 1 is 1.25 bits per heavy atom. The Morgan fingerprint density at radius 2 is 2.00 bits per heavy atom. The lowest BCUT2D eigenvalue weighted by Crippen LogP contribution is -2.17. The molecule has 0 fully saturated rings. The SMILES string of the molecule is CCN(c1cccc(F)c1)c1ccc([C@@H](C)N)cc1Br. The van der Waals surface area contributed by atoms with Crippen LogP contribution in [0.2, 0.25) is 0 Å². The van der Waals surface area contributed by atoms with E-state index in [4.69, 9.17) is 5.73 Å². The molecular formula is C16H18BrFN2. The first-order valence-corrected chi connectivity index (χ1v) is 7.40. The molecule has 2 rings (SSSR count). The Balaban J connectivity index is 2.42. The molecule has 0 unspecified atom stereocenters. The summed E-state index contributed by atoms with van der Waals surface area (Å²) in [5.74, 6) is -0.232. The highest BCUT2D eigenvalue weighted by atomic mass is 79.9. The highest BCUT2D eigenvalue weighted by Gasteiger charge is 2.12. The predicted octanol–water partition coefficient (Wildman–Crippen LogP) is 4.77. The van der Waals surface area contributed by atoms with Gasteiger partial charge in [-0.1, -0.05) is 12.1 Å². The molecule has 2 N–H and O–H groups in total. The predicted molar refractivity (Wildman–Crippen MR) is 85.8 cm³/mol. The zero-order valence-electron chi connectivity index (χ0n) is 11.6. The van der Waals surface area contributed by atoms with Crippen molar-refractivity contribution in [3.05, 3.63) is 58.3 Å². The monoisotopic (exact) mass is 336 g/mol. The van der Waals surface area contributed by atoms with Crippen molar-refractivity contribution in [3.63, 3.8) is 0 Å². The molecule has 0 saturated heterocycles. The Morgan fingerprint density at radius 3 is 2.55 bits per heavy atom. The molecule has 0 radical (unpaired) electrons. The largest absolute Gasteiger partial charge is 0.341 e. The summed E-state index contributed by atoms with van der Waals surface area (Å²) in [4.78, 5) is 2.05. The molecule has 2 aromatic rings. The Bertz CT molecular complexity index is 599. The van der Waals surface area contributed by atoms with Gasteiger partial charge in [0.05, 0.1) is 5.69 Å². The fraction of sp³-hybridized carbons (Fsp3) is 0.250. The zero-order chi connectivity index (χ0) is 14.7. The number of hydrogen-bond acceptors (Lipinski definition) is 2. The molecule has 0 spiro atoms. The summed E-state index contributed by atoms with van der Waals surface area (Å²) in [6.45, 7) is 4.74. The van der Waals surface area contributed by atoms with Gasteiger partial charge in [0.1, 0.15) is 5.82 Å². The average molecular weight is 337 g/mol. The van der Waals surface area contributed by atoms with E-state index in [0.29, 0.717) is 0 Å². The van der Waals surface area contributed by atoms with E-state index in [0.717, 1.165) is 28.0 Å². The number of hydrogen-bond donors (Lipinski definition) is 1. The summed E-state index contributed by atoms with van der Waals surface area (Å²) in [6.07, 6.45) is 0. The van der Waals surface area contributed by atoms with Crippen LogP contribution in [0.1, 0.15) is 25.5 Å². The van der Waals surface area contributed by atoms with Crippen molar-refractivity contribution in [3.8, 4) is 0 Å². The van der Waals surface area contributed by atoms with E-state index >= 15 is 0 Å². The van der Waals surface area contributed by atoms with E-state index in [2.05, 4.69) is 20.8 Å². The molecule has 20 heavy (non-hydrogen) atoms. The minimum absolute atomic E-state index is 0.00963. The smallest absolute Gasteiger partial charge is 0.125 e. The molecule has 106 valence electrons. The second kappa shape index (κ2) is 6.37. The first kappa shape index (κ1) is 15.0. The van der Waals surface area contributed by atoms with Crippen LogP contribution in [0.15, 0.2) is 46.9 Å². The molecule has 0 aromatic heterocycles. The van der Waals surface area contributed by atoms with Crippen molar-refractivity contribution < 1.29 is 4.39 Å². The minimum Gasteiger partial charge on any atom is -0.341 e. The fourth-order valence-corrected chi connectivity index (χ4v) is 2.77. The van der Waals surface area contributed by atoms with Gasteiger partial charge >= 0.3 is 0 Å². The molecule has 0 saturated carbocycles. The number of benzene rings is 2. The maximum Gasteiger partial charge on any atom is 0.125 e. The van der Waals surface area contributed by atoms with Gasteiger partial charge in [-0.3, -0.25) is 0 Å². The van der Waals surface area contributed by atoms with Crippen LogP contribution >= 0.6 is 15.9 Å². The lowest BCUT2D eigenvalue weighted by Gasteiger charge is -2.25. The third-order valence-corrected chi connectivity index (χ3v) is 3.86. The van der Waals surface area contributed by atoms with Crippen molar-refractivity contribution in [1.82, 2.24) is 0 Å². The van der Waals surface area contributed by atoms with Crippen LogP contribution < -0.4 is 10.6 Å². The van der Waals surface area contributed by atoms with Crippen LogP contribution in [-0.4, -0.2) is 6.54 Å². The summed E-state index contributed by atoms with van der Waals surface area (Å²) in [5.41, 5.74) is 8.79. The van der Waals surface area contributed by atoms with Crippen molar-refractivity contribution >= 4 is 27.3 Å². The summed E-state index contributed by atoms with van der Waals surface area (Å²) >= 11 is 3.58. The van der Waals surface area contributed by atoms with Gasteiger partial charge < -0.3 is 10.6 Å². The van der Waals surface area contributed by atoms with Gasteiger partial charge in [-0.2, -0.15) is 0 Å². The quantitative estimate of drug-likeness (QED) is 0.871. The molecule has 0 aliphatic rings. The molecular weight excluding hydrogens is 319 g/mol. The molecule has 0 aliphatic heterocycles. The molecule has 0 aliphatic carbocycles. The standard InChI is InChI=1S/C16H18BrFN2/c1-3-20(14-6-4-5-13(18)10-14)16-8-7-12(11(2)19)9-15(16)17/h4-11H,3,19H2,1-2H3/t11-/m1/s1. The van der Waals surface area contributed by atoms with Gasteiger partial charge in [-0.25, -0.2) is 4.39 Å². The second-order valence-corrected chi connectivity index (χ2v) is 5.58. The van der Waals surface area contributed by atoms with Gasteiger partial charge in [0.25, 0.3) is 0 Å². The fourth-order valence-electron chi connectivity index (χ4n) is 2.16. The molecule has 0 amide bonds. The Hall–Kier alpha value is -1.39. The Labute approximate surface area is 127 Å². The summed E-state index contributed by atoms with van der Waals surface area (Å²) in [6, 6.07) is 12.6. The van der Waals surface area contributed by atoms with E-state index in [9.17, 15) is 4.39 Å². The molecule has 4 heteroatoms. The van der Waals surface area contributed by atoms with E-state index in [1.54, 1.807) is 6.07 Å². The summed E-state index contributed by atoms with van der Waals surface area (Å²) in [5, 5.41) is 0. The maximum absolute atomic E-state index is 13.4. The van der Waals surface area contributed by atoms with Crippen LogP contribution in [0.25, 0.3) is 0 Å². The zero-order valence-corrected chi connectivity index (χ0v) is 13.2.